The number of piperidine rings is 1. The Balaban J connectivity index is 1.54. The van der Waals surface area contributed by atoms with Crippen molar-refractivity contribution in [3.8, 4) is 0 Å². The van der Waals surface area contributed by atoms with Crippen molar-refractivity contribution >= 4 is 40.8 Å². The zero-order valence-corrected chi connectivity index (χ0v) is 20.2. The molecule has 0 atom stereocenters. The van der Waals surface area contributed by atoms with Crippen molar-refractivity contribution in [2.45, 2.75) is 25.2 Å². The third-order valence-electron chi connectivity index (χ3n) is 6.36. The van der Waals surface area contributed by atoms with Crippen molar-refractivity contribution in [2.75, 3.05) is 13.1 Å². The van der Waals surface area contributed by atoms with Gasteiger partial charge in [-0.1, -0.05) is 58.7 Å². The van der Waals surface area contributed by atoms with Gasteiger partial charge in [-0.25, -0.2) is 4.79 Å². The highest BCUT2D eigenvalue weighted by Crippen LogP contribution is 2.37. The molecule has 0 radical (unpaired) electrons. The lowest BCUT2D eigenvalue weighted by Crippen LogP contribution is -2.48. The minimum Gasteiger partial charge on any atom is -0.339 e. The van der Waals surface area contributed by atoms with Crippen LogP contribution in [0.2, 0.25) is 10.0 Å². The highest BCUT2D eigenvalue weighted by Gasteiger charge is 2.40. The number of hydrogen-bond acceptors (Lipinski definition) is 4. The maximum Gasteiger partial charge on any atom is 0.365 e. The Hall–Kier alpha value is -3.15. The summed E-state index contributed by atoms with van der Waals surface area (Å²) in [6, 6.07) is 23.4. The molecule has 1 aliphatic rings. The number of carbonyl (C=O) groups is 2. The standard InChI is InChI=1S/C27H24Cl2N2O3/c1-19(30-34-26(33)21-9-13-24(29)14-10-21)27(22-5-3-2-4-6-22)15-17-31(18-16-27)25(32)20-7-11-23(28)12-8-20/h2-14H,15-18H2,1H3/b30-19+. The normalized spacial score (nSPS) is 15.6. The molecule has 3 aromatic carbocycles. The molecule has 0 aliphatic carbocycles. The SMILES string of the molecule is C/C(=N\OC(=O)c1ccc(Cl)cc1)C1(c2ccccc2)CCN(C(=O)c2ccc(Cl)cc2)CC1. The average Bonchev–Trinajstić information content (AvgIpc) is 2.88. The van der Waals surface area contributed by atoms with Crippen LogP contribution in [0.5, 0.6) is 0 Å². The van der Waals surface area contributed by atoms with E-state index in [1.54, 1.807) is 48.5 Å². The van der Waals surface area contributed by atoms with E-state index in [0.29, 0.717) is 52.8 Å². The van der Waals surface area contributed by atoms with Gasteiger partial charge in [-0.3, -0.25) is 4.79 Å². The van der Waals surface area contributed by atoms with Crippen molar-refractivity contribution in [2.24, 2.45) is 5.16 Å². The first-order valence-corrected chi connectivity index (χ1v) is 11.8. The molecular weight excluding hydrogens is 471 g/mol. The Morgan fingerprint density at radius 2 is 1.35 bits per heavy atom. The molecule has 0 bridgehead atoms. The van der Waals surface area contributed by atoms with E-state index >= 15 is 0 Å². The number of amides is 1. The third-order valence-corrected chi connectivity index (χ3v) is 6.86. The number of halogens is 2. The van der Waals surface area contributed by atoms with Gasteiger partial charge in [0.15, 0.2) is 0 Å². The molecule has 0 saturated carbocycles. The minimum atomic E-state index is -0.547. The molecule has 1 saturated heterocycles. The first-order chi connectivity index (χ1) is 16.4. The fourth-order valence-corrected chi connectivity index (χ4v) is 4.57. The van der Waals surface area contributed by atoms with Crippen LogP contribution in [0.15, 0.2) is 84.0 Å². The van der Waals surface area contributed by atoms with Crippen LogP contribution in [0, 0.1) is 0 Å². The summed E-state index contributed by atoms with van der Waals surface area (Å²) >= 11 is 11.9. The van der Waals surface area contributed by atoms with E-state index in [4.69, 9.17) is 28.0 Å². The lowest BCUT2D eigenvalue weighted by atomic mass is 9.69. The second-order valence-corrected chi connectivity index (χ2v) is 9.18. The molecule has 1 heterocycles. The zero-order valence-electron chi connectivity index (χ0n) is 18.7. The predicted octanol–water partition coefficient (Wildman–Crippen LogP) is 6.40. The summed E-state index contributed by atoms with van der Waals surface area (Å²) in [5.74, 6) is -0.573. The summed E-state index contributed by atoms with van der Waals surface area (Å²) in [7, 11) is 0. The minimum absolute atomic E-state index is 0.0258. The number of carbonyl (C=O) groups excluding carboxylic acids is 2. The molecule has 34 heavy (non-hydrogen) atoms. The van der Waals surface area contributed by atoms with Gasteiger partial charge in [0, 0.05) is 34.1 Å². The van der Waals surface area contributed by atoms with Crippen molar-refractivity contribution in [1.29, 1.82) is 0 Å². The number of oxime groups is 1. The van der Waals surface area contributed by atoms with E-state index in [-0.39, 0.29) is 5.91 Å². The summed E-state index contributed by atoms with van der Waals surface area (Å²) in [5, 5.41) is 5.39. The Bertz CT molecular complexity index is 1180. The molecule has 7 heteroatoms. The number of likely N-dealkylation sites (tertiary alicyclic amines) is 1. The van der Waals surface area contributed by atoms with Crippen molar-refractivity contribution in [3.05, 3.63) is 106 Å². The monoisotopic (exact) mass is 494 g/mol. The lowest BCUT2D eigenvalue weighted by molar-refractivity contribution is 0.0510. The molecule has 3 aromatic rings. The third kappa shape index (κ3) is 5.16. The molecule has 0 spiro atoms. The predicted molar refractivity (Wildman–Crippen MR) is 135 cm³/mol. The van der Waals surface area contributed by atoms with E-state index in [1.807, 2.05) is 30.0 Å². The highest BCUT2D eigenvalue weighted by molar-refractivity contribution is 6.31. The molecule has 174 valence electrons. The van der Waals surface area contributed by atoms with E-state index in [1.165, 1.54) is 0 Å². The van der Waals surface area contributed by atoms with Crippen molar-refractivity contribution in [1.82, 2.24) is 4.90 Å². The van der Waals surface area contributed by atoms with Crippen LogP contribution < -0.4 is 0 Å². The van der Waals surface area contributed by atoms with Gasteiger partial charge in [0.1, 0.15) is 0 Å². The van der Waals surface area contributed by atoms with Gasteiger partial charge in [-0.2, -0.15) is 0 Å². The molecule has 4 rings (SSSR count). The van der Waals surface area contributed by atoms with Gasteiger partial charge in [0.25, 0.3) is 5.91 Å². The summed E-state index contributed by atoms with van der Waals surface area (Å²) in [4.78, 5) is 32.6. The lowest BCUT2D eigenvalue weighted by Gasteiger charge is -2.42. The fraction of sp³-hybridized carbons (Fsp3) is 0.222. The maximum atomic E-state index is 13.0. The van der Waals surface area contributed by atoms with E-state index in [0.717, 1.165) is 5.56 Å². The first-order valence-electron chi connectivity index (χ1n) is 11.0. The molecule has 0 N–H and O–H groups in total. The number of rotatable bonds is 5. The quantitative estimate of drug-likeness (QED) is 0.234. The smallest absolute Gasteiger partial charge is 0.339 e. The van der Waals surface area contributed by atoms with Gasteiger partial charge in [-0.05, 0) is 73.9 Å². The van der Waals surface area contributed by atoms with Crippen molar-refractivity contribution in [3.63, 3.8) is 0 Å². The molecule has 5 nitrogen and oxygen atoms in total. The Morgan fingerprint density at radius 1 is 0.824 bits per heavy atom. The zero-order chi connectivity index (χ0) is 24.1. The Labute approximate surface area is 208 Å². The largest absolute Gasteiger partial charge is 0.365 e. The van der Waals surface area contributed by atoms with Gasteiger partial charge < -0.3 is 9.74 Å². The summed E-state index contributed by atoms with van der Waals surface area (Å²) < 4.78 is 0. The molecule has 1 fully saturated rings. The van der Waals surface area contributed by atoms with E-state index < -0.39 is 11.4 Å². The topological polar surface area (TPSA) is 59.0 Å². The van der Waals surface area contributed by atoms with E-state index in [9.17, 15) is 9.59 Å². The molecule has 1 amide bonds. The van der Waals surface area contributed by atoms with E-state index in [2.05, 4.69) is 17.3 Å². The first kappa shape index (κ1) is 24.0. The van der Waals surface area contributed by atoms with Gasteiger partial charge in [0.2, 0.25) is 0 Å². The molecule has 0 aromatic heterocycles. The molecule has 0 unspecified atom stereocenters. The van der Waals surface area contributed by atoms with Gasteiger partial charge in [-0.15, -0.1) is 0 Å². The average molecular weight is 495 g/mol. The summed E-state index contributed by atoms with van der Waals surface area (Å²) in [6.07, 6.45) is 1.31. The van der Waals surface area contributed by atoms with Crippen molar-refractivity contribution < 1.29 is 14.4 Å². The molecule has 1 aliphatic heterocycles. The van der Waals surface area contributed by atoms with Crippen LogP contribution in [-0.4, -0.2) is 35.6 Å². The maximum absolute atomic E-state index is 13.0. The van der Waals surface area contributed by atoms with Gasteiger partial charge in [0.05, 0.1) is 11.3 Å². The number of hydrogen-bond donors (Lipinski definition) is 0. The van der Waals surface area contributed by atoms with Crippen LogP contribution in [0.25, 0.3) is 0 Å². The van der Waals surface area contributed by atoms with Crippen LogP contribution in [0.1, 0.15) is 46.0 Å². The fourth-order valence-electron chi connectivity index (χ4n) is 4.32. The number of nitrogens with zero attached hydrogens (tertiary/aromatic N) is 2. The second kappa shape index (κ2) is 10.4. The summed E-state index contributed by atoms with van der Waals surface area (Å²) in [5.41, 5.74) is 2.31. The van der Waals surface area contributed by atoms with Crippen LogP contribution in [0.4, 0.5) is 0 Å². The second-order valence-electron chi connectivity index (χ2n) is 8.31. The summed E-state index contributed by atoms with van der Waals surface area (Å²) in [6.45, 7) is 2.97. The Kier molecular flexibility index (Phi) is 7.35. The van der Waals surface area contributed by atoms with Crippen LogP contribution in [-0.2, 0) is 10.3 Å². The Morgan fingerprint density at radius 3 is 1.91 bits per heavy atom. The van der Waals surface area contributed by atoms with Crippen LogP contribution >= 0.6 is 23.2 Å². The van der Waals surface area contributed by atoms with Gasteiger partial charge >= 0.3 is 5.97 Å². The van der Waals surface area contributed by atoms with Crippen LogP contribution in [0.3, 0.4) is 0 Å². The highest BCUT2D eigenvalue weighted by atomic mass is 35.5. The number of benzene rings is 3. The molecular formula is C27H24Cl2N2O3.